The predicted octanol–water partition coefficient (Wildman–Crippen LogP) is 2.20. The molecule has 110 valence electrons. The number of amides is 3. The van der Waals surface area contributed by atoms with Crippen LogP contribution in [0.15, 0.2) is 12.1 Å². The first kappa shape index (κ1) is 15.1. The van der Waals surface area contributed by atoms with E-state index in [0.29, 0.717) is 32.0 Å². The van der Waals surface area contributed by atoms with Gasteiger partial charge >= 0.3 is 6.03 Å². The lowest BCUT2D eigenvalue weighted by Gasteiger charge is -2.31. The van der Waals surface area contributed by atoms with Crippen LogP contribution in [0.5, 0.6) is 0 Å². The van der Waals surface area contributed by atoms with E-state index in [2.05, 4.69) is 5.32 Å². The van der Waals surface area contributed by atoms with Gasteiger partial charge in [0.05, 0.1) is 10.9 Å². The molecule has 7 heteroatoms. The minimum atomic E-state index is -0.262. The van der Waals surface area contributed by atoms with E-state index < -0.39 is 0 Å². The second kappa shape index (κ2) is 6.95. The van der Waals surface area contributed by atoms with Crippen LogP contribution in [-0.2, 0) is 11.3 Å². The molecule has 3 N–H and O–H groups in total. The van der Waals surface area contributed by atoms with Crippen molar-refractivity contribution in [2.75, 3.05) is 13.1 Å². The van der Waals surface area contributed by atoms with E-state index in [4.69, 9.17) is 17.3 Å². The van der Waals surface area contributed by atoms with E-state index in [0.717, 1.165) is 22.1 Å². The normalized spacial score (nSPS) is 16.1. The molecule has 1 aliphatic heterocycles. The molecule has 1 aromatic heterocycles. The van der Waals surface area contributed by atoms with Gasteiger partial charge in [0.1, 0.15) is 0 Å². The maximum absolute atomic E-state index is 12.0. The number of nitrogens with zero attached hydrogens (tertiary/aromatic N) is 1. The minimum Gasteiger partial charge on any atom is -0.370 e. The van der Waals surface area contributed by atoms with Crippen molar-refractivity contribution in [1.82, 2.24) is 10.2 Å². The second-order valence-electron chi connectivity index (χ2n) is 4.97. The second-order valence-corrected chi connectivity index (χ2v) is 6.77. The number of rotatable bonds is 4. The van der Waals surface area contributed by atoms with Gasteiger partial charge in [-0.25, -0.2) is 4.79 Å². The van der Waals surface area contributed by atoms with Crippen LogP contribution in [0.4, 0.5) is 4.79 Å². The quantitative estimate of drug-likeness (QED) is 0.893. The monoisotopic (exact) mass is 315 g/mol. The molecule has 0 saturated carbocycles. The first-order valence-corrected chi connectivity index (χ1v) is 7.79. The Hall–Kier alpha value is -1.27. The first-order valence-electron chi connectivity index (χ1n) is 6.60. The molecule has 0 atom stereocenters. The van der Waals surface area contributed by atoms with E-state index in [1.807, 2.05) is 12.1 Å². The van der Waals surface area contributed by atoms with Gasteiger partial charge in [0.2, 0.25) is 5.91 Å². The number of likely N-dealkylation sites (tertiary alicyclic amines) is 1. The first-order chi connectivity index (χ1) is 9.54. The lowest BCUT2D eigenvalue weighted by atomic mass is 9.93. The highest BCUT2D eigenvalue weighted by molar-refractivity contribution is 7.16. The Morgan fingerprint density at radius 2 is 2.10 bits per heavy atom. The minimum absolute atomic E-state index is 0.0629. The number of carbonyl (C=O) groups excluding carboxylic acids is 2. The van der Waals surface area contributed by atoms with Crippen LogP contribution in [0.25, 0.3) is 0 Å². The summed E-state index contributed by atoms with van der Waals surface area (Å²) in [4.78, 5) is 25.7. The molecule has 20 heavy (non-hydrogen) atoms. The van der Waals surface area contributed by atoms with E-state index in [9.17, 15) is 9.59 Å². The molecule has 0 spiro atoms. The van der Waals surface area contributed by atoms with Gasteiger partial charge < -0.3 is 16.0 Å². The van der Waals surface area contributed by atoms with Gasteiger partial charge in [-0.3, -0.25) is 4.79 Å². The number of nitrogens with one attached hydrogen (secondary N) is 1. The van der Waals surface area contributed by atoms with E-state index in [1.54, 1.807) is 4.90 Å². The van der Waals surface area contributed by atoms with Crippen LogP contribution in [0, 0.1) is 5.92 Å². The van der Waals surface area contributed by atoms with Crippen molar-refractivity contribution in [2.24, 2.45) is 11.7 Å². The maximum atomic E-state index is 12.0. The number of urea groups is 1. The molecule has 5 nitrogen and oxygen atoms in total. The predicted molar refractivity (Wildman–Crippen MR) is 79.7 cm³/mol. The molecule has 3 amide bonds. The van der Waals surface area contributed by atoms with Gasteiger partial charge in [-0.05, 0) is 30.9 Å². The van der Waals surface area contributed by atoms with Crippen LogP contribution >= 0.6 is 22.9 Å². The summed E-state index contributed by atoms with van der Waals surface area (Å²) in [6.07, 6.45) is 2.09. The fourth-order valence-corrected chi connectivity index (χ4v) is 3.37. The average molecular weight is 316 g/mol. The summed E-state index contributed by atoms with van der Waals surface area (Å²) < 4.78 is 0.724. The van der Waals surface area contributed by atoms with E-state index >= 15 is 0 Å². The van der Waals surface area contributed by atoms with Crippen molar-refractivity contribution < 1.29 is 9.59 Å². The van der Waals surface area contributed by atoms with Crippen molar-refractivity contribution in [3.05, 3.63) is 21.3 Å². The van der Waals surface area contributed by atoms with Gasteiger partial charge in [0.15, 0.2) is 0 Å². The molecule has 0 radical (unpaired) electrons. The summed E-state index contributed by atoms with van der Waals surface area (Å²) in [7, 11) is 0. The molecule has 1 fully saturated rings. The topological polar surface area (TPSA) is 75.4 Å². The molecule has 0 unspecified atom stereocenters. The van der Waals surface area contributed by atoms with Gasteiger partial charge in [-0.1, -0.05) is 11.6 Å². The number of hydrogen-bond acceptors (Lipinski definition) is 3. The van der Waals surface area contributed by atoms with E-state index in [-0.39, 0.29) is 11.9 Å². The molecule has 1 saturated heterocycles. The van der Waals surface area contributed by atoms with Crippen molar-refractivity contribution >= 4 is 34.9 Å². The summed E-state index contributed by atoms with van der Waals surface area (Å²) in [5.41, 5.74) is 5.19. The molecule has 0 aliphatic carbocycles. The molecule has 1 aliphatic rings. The van der Waals surface area contributed by atoms with E-state index in [1.165, 1.54) is 11.3 Å². The zero-order valence-electron chi connectivity index (χ0n) is 11.1. The molecule has 0 bridgehead atoms. The Balaban J connectivity index is 1.73. The van der Waals surface area contributed by atoms with Gasteiger partial charge in [0, 0.05) is 24.4 Å². The van der Waals surface area contributed by atoms with Crippen molar-refractivity contribution in [2.45, 2.75) is 25.8 Å². The van der Waals surface area contributed by atoms with Crippen LogP contribution in [0.1, 0.15) is 24.1 Å². The maximum Gasteiger partial charge on any atom is 0.317 e. The number of nitrogens with two attached hydrogens (primary N) is 1. The smallest absolute Gasteiger partial charge is 0.317 e. The summed E-state index contributed by atoms with van der Waals surface area (Å²) in [6.45, 7) is 1.85. The Morgan fingerprint density at radius 3 is 2.65 bits per heavy atom. The summed E-state index contributed by atoms with van der Waals surface area (Å²) in [5, 5.41) is 2.88. The summed E-state index contributed by atoms with van der Waals surface area (Å²) in [6, 6.07) is 3.67. The molecule has 0 aromatic carbocycles. The Bertz CT molecular complexity index is 484. The van der Waals surface area contributed by atoms with Gasteiger partial charge in [-0.15, -0.1) is 11.3 Å². The standard InChI is InChI=1S/C13H18ClN3O2S/c14-11-2-1-10(20-11)8-16-13(19)17-5-3-9(4-6-17)7-12(15)18/h1-2,9H,3-8H2,(H2,15,18)(H,16,19). The fraction of sp³-hybridized carbons (Fsp3) is 0.538. The van der Waals surface area contributed by atoms with Crippen molar-refractivity contribution in [3.63, 3.8) is 0 Å². The Kier molecular flexibility index (Phi) is 5.25. The van der Waals surface area contributed by atoms with Crippen LogP contribution in [-0.4, -0.2) is 29.9 Å². The third-order valence-corrected chi connectivity index (χ3v) is 4.67. The average Bonchev–Trinajstić information content (AvgIpc) is 2.82. The van der Waals surface area contributed by atoms with Gasteiger partial charge in [0.25, 0.3) is 0 Å². The number of thiophene rings is 1. The highest BCUT2D eigenvalue weighted by Gasteiger charge is 2.23. The highest BCUT2D eigenvalue weighted by atomic mass is 35.5. The SMILES string of the molecule is NC(=O)CC1CCN(C(=O)NCc2ccc(Cl)s2)CC1. The fourth-order valence-electron chi connectivity index (χ4n) is 2.35. The lowest BCUT2D eigenvalue weighted by molar-refractivity contribution is -0.119. The summed E-state index contributed by atoms with van der Waals surface area (Å²) in [5.74, 6) is 0.0510. The number of carbonyl (C=O) groups is 2. The number of halogens is 1. The third-order valence-electron chi connectivity index (χ3n) is 3.43. The van der Waals surface area contributed by atoms with Crippen LogP contribution in [0.2, 0.25) is 4.34 Å². The van der Waals surface area contributed by atoms with Crippen LogP contribution < -0.4 is 11.1 Å². The largest absolute Gasteiger partial charge is 0.370 e. The summed E-state index contributed by atoms with van der Waals surface area (Å²) >= 11 is 7.30. The third kappa shape index (κ3) is 4.38. The molecular weight excluding hydrogens is 298 g/mol. The zero-order chi connectivity index (χ0) is 14.5. The molecule has 1 aromatic rings. The van der Waals surface area contributed by atoms with Gasteiger partial charge in [-0.2, -0.15) is 0 Å². The number of primary amides is 1. The lowest BCUT2D eigenvalue weighted by Crippen LogP contribution is -2.44. The molecular formula is C13H18ClN3O2S. The van der Waals surface area contributed by atoms with Crippen LogP contribution in [0.3, 0.4) is 0 Å². The molecule has 2 rings (SSSR count). The number of hydrogen-bond donors (Lipinski definition) is 2. The number of piperidine rings is 1. The molecule has 2 heterocycles. The highest BCUT2D eigenvalue weighted by Crippen LogP contribution is 2.22. The van der Waals surface area contributed by atoms with Crippen molar-refractivity contribution in [1.29, 1.82) is 0 Å². The Morgan fingerprint density at radius 1 is 1.40 bits per heavy atom. The van der Waals surface area contributed by atoms with Crippen molar-refractivity contribution in [3.8, 4) is 0 Å². The zero-order valence-corrected chi connectivity index (χ0v) is 12.7. The Labute approximate surface area is 127 Å².